The lowest BCUT2D eigenvalue weighted by atomic mass is 10.0. The Morgan fingerprint density at radius 1 is 1.16 bits per heavy atom. The molecule has 2 unspecified atom stereocenters. The smallest absolute Gasteiger partial charge is 0.244 e. The molecule has 1 aromatic rings. The molecule has 0 fully saturated rings. The number of hydrogen-bond donors (Lipinski definition) is 2. The summed E-state index contributed by atoms with van der Waals surface area (Å²) < 4.78 is 11.9. The largest absolute Gasteiger partial charge is 0.493 e. The lowest BCUT2D eigenvalue weighted by Gasteiger charge is -2.36. The first kappa shape index (κ1) is 28.4. The number of nitrogens with one attached hydrogen (secondary N) is 1. The van der Waals surface area contributed by atoms with E-state index in [0.717, 1.165) is 24.3 Å². The van der Waals surface area contributed by atoms with Crippen LogP contribution >= 0.6 is 0 Å². The van der Waals surface area contributed by atoms with Gasteiger partial charge in [-0.15, -0.1) is 0 Å². The van der Waals surface area contributed by atoms with Crippen molar-refractivity contribution in [1.82, 2.24) is 5.32 Å². The summed E-state index contributed by atoms with van der Waals surface area (Å²) in [6, 6.07) is 7.75. The van der Waals surface area contributed by atoms with Crippen LogP contribution in [-0.2, 0) is 9.22 Å². The number of carbonyl (C=O) groups is 1. The lowest BCUT2D eigenvalue weighted by Crippen LogP contribution is -2.44. The fourth-order valence-corrected chi connectivity index (χ4v) is 3.86. The van der Waals surface area contributed by atoms with Crippen LogP contribution in [0.2, 0.25) is 18.1 Å². The number of hydrogen-bond acceptors (Lipinski definition) is 4. The van der Waals surface area contributed by atoms with Crippen LogP contribution in [0, 0.1) is 5.92 Å². The van der Waals surface area contributed by atoms with Crippen molar-refractivity contribution in [3.05, 3.63) is 35.9 Å². The van der Waals surface area contributed by atoms with E-state index in [1.807, 2.05) is 24.3 Å². The average molecular weight is 464 g/mol. The van der Waals surface area contributed by atoms with E-state index in [4.69, 9.17) is 9.16 Å². The third-order valence-corrected chi connectivity index (χ3v) is 10.8. The molecule has 0 aromatic heterocycles. The highest BCUT2D eigenvalue weighted by molar-refractivity contribution is 6.74. The molecule has 2 atom stereocenters. The first-order valence-corrected chi connectivity index (χ1v) is 14.9. The number of carbonyl (C=O) groups excluding carboxylic acids is 1. The molecule has 0 saturated heterocycles. The van der Waals surface area contributed by atoms with Crippen molar-refractivity contribution in [3.63, 3.8) is 0 Å². The minimum atomic E-state index is -1.91. The van der Waals surface area contributed by atoms with E-state index in [2.05, 4.69) is 53.0 Å². The highest BCUT2D eigenvalue weighted by Crippen LogP contribution is 2.36. The van der Waals surface area contributed by atoms with Gasteiger partial charge in [-0.05, 0) is 54.2 Å². The summed E-state index contributed by atoms with van der Waals surface area (Å²) in [5.41, 5.74) is 0.923. The van der Waals surface area contributed by atoms with Crippen LogP contribution in [0.1, 0.15) is 65.9 Å². The summed E-state index contributed by atoms with van der Waals surface area (Å²) in [7, 11) is -1.91. The molecule has 1 aromatic carbocycles. The molecule has 32 heavy (non-hydrogen) atoms. The predicted octanol–water partition coefficient (Wildman–Crippen LogP) is 5.79. The minimum Gasteiger partial charge on any atom is -0.493 e. The van der Waals surface area contributed by atoms with Crippen LogP contribution < -0.4 is 10.1 Å². The monoisotopic (exact) mass is 463 g/mol. The molecule has 0 radical (unpaired) electrons. The van der Waals surface area contributed by atoms with Crippen molar-refractivity contribution < 1.29 is 19.1 Å². The molecule has 1 rings (SSSR count). The van der Waals surface area contributed by atoms with Gasteiger partial charge in [-0.1, -0.05) is 66.0 Å². The summed E-state index contributed by atoms with van der Waals surface area (Å²) in [5.74, 6) is 1.21. The fourth-order valence-electron chi connectivity index (χ4n) is 2.82. The van der Waals surface area contributed by atoms with Gasteiger partial charge in [0, 0.05) is 12.6 Å². The zero-order valence-electron chi connectivity index (χ0n) is 21.2. The van der Waals surface area contributed by atoms with E-state index in [1.54, 1.807) is 6.08 Å². The first-order valence-electron chi connectivity index (χ1n) is 12.0. The summed E-state index contributed by atoms with van der Waals surface area (Å²) in [5, 5.41) is 13.0. The van der Waals surface area contributed by atoms with Crippen molar-refractivity contribution in [2.75, 3.05) is 19.8 Å². The lowest BCUT2D eigenvalue weighted by molar-refractivity contribution is -0.117. The standard InChI is InChI=1S/C26H45NO4Si/c1-8-10-11-21(9-2)19-30-24-15-12-22(13-16-24)14-17-25(29)27-18-23(28)20-31-32(6,7)26(3,4)5/h12-17,21,23,28H,8-11,18-20H2,1-7H3,(H,27,29). The van der Waals surface area contributed by atoms with Gasteiger partial charge in [0.2, 0.25) is 5.91 Å². The van der Waals surface area contributed by atoms with Crippen molar-refractivity contribution >= 4 is 20.3 Å². The summed E-state index contributed by atoms with van der Waals surface area (Å²) in [6.45, 7) is 16.3. The number of rotatable bonds is 14. The zero-order valence-corrected chi connectivity index (χ0v) is 22.2. The summed E-state index contributed by atoms with van der Waals surface area (Å²) in [6.07, 6.45) is 7.32. The Morgan fingerprint density at radius 2 is 1.81 bits per heavy atom. The maximum absolute atomic E-state index is 12.1. The Balaban J connectivity index is 2.40. The predicted molar refractivity (Wildman–Crippen MR) is 136 cm³/mol. The Bertz CT molecular complexity index is 695. The topological polar surface area (TPSA) is 67.8 Å². The first-order chi connectivity index (χ1) is 15.0. The Morgan fingerprint density at radius 3 is 2.38 bits per heavy atom. The van der Waals surface area contributed by atoms with Gasteiger partial charge in [0.15, 0.2) is 8.32 Å². The van der Waals surface area contributed by atoms with E-state index >= 15 is 0 Å². The van der Waals surface area contributed by atoms with Gasteiger partial charge < -0.3 is 19.6 Å². The molecule has 6 heteroatoms. The van der Waals surface area contributed by atoms with Crippen LogP contribution in [0.25, 0.3) is 6.08 Å². The number of ether oxygens (including phenoxy) is 1. The van der Waals surface area contributed by atoms with E-state index in [1.165, 1.54) is 25.3 Å². The van der Waals surface area contributed by atoms with Crippen LogP contribution in [0.4, 0.5) is 0 Å². The average Bonchev–Trinajstić information content (AvgIpc) is 2.75. The van der Waals surface area contributed by atoms with Gasteiger partial charge in [-0.3, -0.25) is 4.79 Å². The van der Waals surface area contributed by atoms with Crippen molar-refractivity contribution in [2.24, 2.45) is 5.92 Å². The minimum absolute atomic E-state index is 0.0893. The molecule has 0 spiro atoms. The fraction of sp³-hybridized carbons (Fsp3) is 0.654. The van der Waals surface area contributed by atoms with Crippen LogP contribution in [0.3, 0.4) is 0 Å². The normalized spacial score (nSPS) is 14.4. The molecule has 0 bridgehead atoms. The van der Waals surface area contributed by atoms with Gasteiger partial charge in [0.05, 0.1) is 19.3 Å². The van der Waals surface area contributed by atoms with Crippen LogP contribution in [-0.4, -0.2) is 45.2 Å². The second-order valence-corrected chi connectivity index (χ2v) is 14.9. The van der Waals surface area contributed by atoms with E-state index in [-0.39, 0.29) is 24.1 Å². The molecular weight excluding hydrogens is 418 g/mol. The number of aliphatic hydroxyl groups is 1. The molecule has 0 aliphatic rings. The van der Waals surface area contributed by atoms with Crippen LogP contribution in [0.5, 0.6) is 5.75 Å². The third-order valence-electron chi connectivity index (χ3n) is 6.29. The summed E-state index contributed by atoms with van der Waals surface area (Å²) >= 11 is 0. The second kappa shape index (κ2) is 13.8. The maximum atomic E-state index is 12.1. The van der Waals surface area contributed by atoms with Gasteiger partial charge >= 0.3 is 0 Å². The Labute approximate surface area is 196 Å². The molecule has 182 valence electrons. The van der Waals surface area contributed by atoms with Crippen molar-refractivity contribution in [3.8, 4) is 5.75 Å². The van der Waals surface area contributed by atoms with Gasteiger partial charge in [-0.2, -0.15) is 0 Å². The highest BCUT2D eigenvalue weighted by atomic mass is 28.4. The maximum Gasteiger partial charge on any atom is 0.244 e. The van der Waals surface area contributed by atoms with Crippen molar-refractivity contribution in [1.29, 1.82) is 0 Å². The molecular formula is C26H45NO4Si. The number of unbranched alkanes of at least 4 members (excludes halogenated alkanes) is 1. The number of amides is 1. The van der Waals surface area contributed by atoms with E-state index in [0.29, 0.717) is 5.92 Å². The SMILES string of the molecule is CCCCC(CC)COc1ccc(C=CC(=O)NCC(O)CO[Si](C)(C)C(C)(C)C)cc1. The van der Waals surface area contributed by atoms with E-state index < -0.39 is 14.4 Å². The molecule has 0 saturated carbocycles. The number of benzene rings is 1. The van der Waals surface area contributed by atoms with E-state index in [9.17, 15) is 9.90 Å². The number of aliphatic hydroxyl groups excluding tert-OH is 1. The molecule has 1 amide bonds. The highest BCUT2D eigenvalue weighted by Gasteiger charge is 2.37. The van der Waals surface area contributed by atoms with Gasteiger partial charge in [0.1, 0.15) is 5.75 Å². The molecule has 0 heterocycles. The van der Waals surface area contributed by atoms with Gasteiger partial charge in [0.25, 0.3) is 0 Å². The van der Waals surface area contributed by atoms with Crippen molar-refractivity contribution in [2.45, 2.75) is 84.5 Å². The Hall–Kier alpha value is -1.63. The van der Waals surface area contributed by atoms with Crippen LogP contribution in [0.15, 0.2) is 30.3 Å². The van der Waals surface area contributed by atoms with Gasteiger partial charge in [-0.25, -0.2) is 0 Å². The molecule has 5 nitrogen and oxygen atoms in total. The molecule has 0 aliphatic heterocycles. The Kier molecular flexibility index (Phi) is 12.3. The summed E-state index contributed by atoms with van der Waals surface area (Å²) in [4.78, 5) is 12.1. The molecule has 0 aliphatic carbocycles. The second-order valence-electron chi connectivity index (χ2n) is 10.1. The third kappa shape index (κ3) is 10.8. The zero-order chi connectivity index (χ0) is 24.2. The quantitative estimate of drug-likeness (QED) is 0.270. The molecule has 2 N–H and O–H groups in total.